The van der Waals surface area contributed by atoms with Crippen LogP contribution < -0.4 is 5.43 Å². The summed E-state index contributed by atoms with van der Waals surface area (Å²) in [5, 5.41) is 14.5. The van der Waals surface area contributed by atoms with E-state index in [0.717, 1.165) is 37.5 Å². The highest BCUT2D eigenvalue weighted by Gasteiger charge is 2.09. The Morgan fingerprint density at radius 2 is 2.15 bits per heavy atom. The molecule has 0 bridgehead atoms. The Bertz CT molecular complexity index is 1090. The number of fused-ring (bicyclic) bond motifs is 1. The molecule has 0 saturated carbocycles. The Balaban J connectivity index is 1.55. The lowest BCUT2D eigenvalue weighted by molar-refractivity contribution is 0.285. The zero-order valence-corrected chi connectivity index (χ0v) is 16.2. The highest BCUT2D eigenvalue weighted by Crippen LogP contribution is 2.29. The van der Waals surface area contributed by atoms with E-state index < -0.39 is 0 Å². The molecule has 0 aliphatic heterocycles. The van der Waals surface area contributed by atoms with E-state index in [1.807, 2.05) is 25.3 Å². The molecule has 0 amide bonds. The fraction of sp³-hybridized carbons (Fsp3) is 0.158. The number of hydrogen-bond donors (Lipinski definition) is 2. The van der Waals surface area contributed by atoms with Crippen molar-refractivity contribution in [2.75, 3.05) is 5.43 Å². The quantitative estimate of drug-likeness (QED) is 0.381. The molecule has 4 aromatic rings. The second kappa shape index (κ2) is 7.91. The fourth-order valence-corrected chi connectivity index (χ4v) is 4.64. The minimum atomic E-state index is 0.0495. The molecule has 0 aliphatic rings. The summed E-state index contributed by atoms with van der Waals surface area (Å²) in [5.74, 6) is 0.682. The minimum Gasteiger partial charge on any atom is -0.391 e. The van der Waals surface area contributed by atoms with E-state index in [-0.39, 0.29) is 6.61 Å². The van der Waals surface area contributed by atoms with Gasteiger partial charge < -0.3 is 5.11 Å². The Morgan fingerprint density at radius 1 is 1.22 bits per heavy atom. The standard InChI is InChI=1S/C19H17N5OS2/c1-12-5-15(10-25)26-17(12)9-23-24-18-16-7-14(27-19(16)22-11-21-18)6-13-3-2-4-20-8-13/h2-5,7-9,11,25H,6,10H2,1H3,(H,21,22,24)/b23-9+. The summed E-state index contributed by atoms with van der Waals surface area (Å²) in [6.45, 7) is 2.05. The Hall–Kier alpha value is -2.68. The van der Waals surface area contributed by atoms with Gasteiger partial charge in [0.2, 0.25) is 0 Å². The molecule has 4 rings (SSSR count). The highest BCUT2D eigenvalue weighted by atomic mass is 32.1. The molecule has 4 aromatic heterocycles. The third-order valence-corrected chi connectivity index (χ3v) is 6.20. The van der Waals surface area contributed by atoms with Crippen molar-refractivity contribution in [2.45, 2.75) is 20.0 Å². The predicted octanol–water partition coefficient (Wildman–Crippen LogP) is 3.99. The van der Waals surface area contributed by atoms with E-state index in [9.17, 15) is 5.11 Å². The van der Waals surface area contributed by atoms with Crippen molar-refractivity contribution in [2.24, 2.45) is 5.10 Å². The van der Waals surface area contributed by atoms with Crippen molar-refractivity contribution in [3.63, 3.8) is 0 Å². The number of pyridine rings is 1. The average molecular weight is 396 g/mol. The Morgan fingerprint density at radius 3 is 2.93 bits per heavy atom. The third kappa shape index (κ3) is 4.02. The first-order chi connectivity index (χ1) is 13.2. The van der Waals surface area contributed by atoms with Gasteiger partial charge in [-0.05, 0) is 36.2 Å². The van der Waals surface area contributed by atoms with E-state index >= 15 is 0 Å². The molecule has 0 spiro atoms. The maximum absolute atomic E-state index is 9.24. The van der Waals surface area contributed by atoms with E-state index in [0.29, 0.717) is 5.82 Å². The second-order valence-corrected chi connectivity index (χ2v) is 8.26. The summed E-state index contributed by atoms with van der Waals surface area (Å²) in [6.07, 6.45) is 7.78. The van der Waals surface area contributed by atoms with Crippen LogP contribution in [-0.2, 0) is 13.0 Å². The first-order valence-corrected chi connectivity index (χ1v) is 9.98. The van der Waals surface area contributed by atoms with Gasteiger partial charge >= 0.3 is 0 Å². The molecule has 136 valence electrons. The predicted molar refractivity (Wildman–Crippen MR) is 111 cm³/mol. The number of nitrogens with zero attached hydrogens (tertiary/aromatic N) is 4. The summed E-state index contributed by atoms with van der Waals surface area (Å²) in [7, 11) is 0. The molecule has 0 saturated heterocycles. The van der Waals surface area contributed by atoms with Gasteiger partial charge in [0.15, 0.2) is 5.82 Å². The van der Waals surface area contributed by atoms with Gasteiger partial charge in [-0.15, -0.1) is 22.7 Å². The summed E-state index contributed by atoms with van der Waals surface area (Å²) < 4.78 is 0. The van der Waals surface area contributed by atoms with Gasteiger partial charge in [-0.25, -0.2) is 9.97 Å². The van der Waals surface area contributed by atoms with E-state index in [1.165, 1.54) is 16.2 Å². The smallest absolute Gasteiger partial charge is 0.158 e. The van der Waals surface area contributed by atoms with Gasteiger partial charge in [0.25, 0.3) is 0 Å². The lowest BCUT2D eigenvalue weighted by Gasteiger charge is -1.99. The molecule has 8 heteroatoms. The van der Waals surface area contributed by atoms with Crippen molar-refractivity contribution >= 4 is 44.9 Å². The number of nitrogens with one attached hydrogen (secondary N) is 1. The minimum absolute atomic E-state index is 0.0495. The van der Waals surface area contributed by atoms with Gasteiger partial charge in [-0.1, -0.05) is 6.07 Å². The summed E-state index contributed by atoms with van der Waals surface area (Å²) >= 11 is 3.18. The maximum atomic E-state index is 9.24. The highest BCUT2D eigenvalue weighted by molar-refractivity contribution is 7.18. The number of hydrogen-bond acceptors (Lipinski definition) is 8. The number of anilines is 1. The number of thiophene rings is 2. The summed E-state index contributed by atoms with van der Waals surface area (Å²) in [5.41, 5.74) is 5.28. The molecular formula is C19H17N5OS2. The van der Waals surface area contributed by atoms with Crippen molar-refractivity contribution < 1.29 is 5.11 Å². The number of aliphatic hydroxyl groups is 1. The Kier molecular flexibility index (Phi) is 5.19. The van der Waals surface area contributed by atoms with Crippen LogP contribution in [0.1, 0.15) is 25.8 Å². The van der Waals surface area contributed by atoms with Crippen molar-refractivity contribution in [1.82, 2.24) is 15.0 Å². The van der Waals surface area contributed by atoms with Crippen LogP contribution in [0.25, 0.3) is 10.2 Å². The number of aliphatic hydroxyl groups excluding tert-OH is 1. The molecule has 0 aliphatic carbocycles. The van der Waals surface area contributed by atoms with Crippen molar-refractivity contribution in [3.05, 3.63) is 68.7 Å². The van der Waals surface area contributed by atoms with Gasteiger partial charge in [0, 0.05) is 28.6 Å². The van der Waals surface area contributed by atoms with Crippen LogP contribution in [-0.4, -0.2) is 26.3 Å². The zero-order valence-electron chi connectivity index (χ0n) is 14.6. The molecule has 27 heavy (non-hydrogen) atoms. The van der Waals surface area contributed by atoms with Gasteiger partial charge in [-0.2, -0.15) is 5.10 Å². The monoisotopic (exact) mass is 395 g/mol. The summed E-state index contributed by atoms with van der Waals surface area (Å²) in [4.78, 5) is 16.9. The topological polar surface area (TPSA) is 83.3 Å². The molecule has 0 unspecified atom stereocenters. The van der Waals surface area contributed by atoms with E-state index in [1.54, 1.807) is 30.1 Å². The zero-order chi connectivity index (χ0) is 18.6. The summed E-state index contributed by atoms with van der Waals surface area (Å²) in [6, 6.07) is 8.08. The number of rotatable bonds is 6. The molecule has 4 heterocycles. The molecule has 0 atom stereocenters. The lowest BCUT2D eigenvalue weighted by Crippen LogP contribution is -1.94. The van der Waals surface area contributed by atoms with Gasteiger partial charge in [0.1, 0.15) is 11.2 Å². The van der Waals surface area contributed by atoms with Crippen LogP contribution >= 0.6 is 22.7 Å². The second-order valence-electron chi connectivity index (χ2n) is 5.98. The first kappa shape index (κ1) is 17.7. The SMILES string of the molecule is Cc1cc(CO)sc1/C=N/Nc1ncnc2sc(Cc3cccnc3)cc12. The van der Waals surface area contributed by atoms with Crippen molar-refractivity contribution in [1.29, 1.82) is 0 Å². The normalized spacial score (nSPS) is 11.5. The third-order valence-electron chi connectivity index (χ3n) is 4.00. The van der Waals surface area contributed by atoms with Crippen LogP contribution in [0.5, 0.6) is 0 Å². The molecule has 0 radical (unpaired) electrons. The molecule has 0 fully saturated rings. The maximum Gasteiger partial charge on any atom is 0.158 e. The molecule has 2 N–H and O–H groups in total. The first-order valence-electron chi connectivity index (χ1n) is 8.34. The van der Waals surface area contributed by atoms with E-state index in [2.05, 4.69) is 37.6 Å². The van der Waals surface area contributed by atoms with Crippen LogP contribution in [0.4, 0.5) is 5.82 Å². The molecular weight excluding hydrogens is 378 g/mol. The van der Waals surface area contributed by atoms with Crippen molar-refractivity contribution in [3.8, 4) is 0 Å². The number of aromatic nitrogens is 3. The van der Waals surface area contributed by atoms with E-state index in [4.69, 9.17) is 0 Å². The van der Waals surface area contributed by atoms with Crippen LogP contribution in [0.2, 0.25) is 0 Å². The molecule has 0 aromatic carbocycles. The Labute approximate surface area is 164 Å². The van der Waals surface area contributed by atoms with Gasteiger partial charge in [-0.3, -0.25) is 10.4 Å². The largest absolute Gasteiger partial charge is 0.391 e. The van der Waals surface area contributed by atoms with Crippen LogP contribution in [0.3, 0.4) is 0 Å². The van der Waals surface area contributed by atoms with Gasteiger partial charge in [0.05, 0.1) is 23.1 Å². The fourth-order valence-electron chi connectivity index (χ4n) is 2.71. The lowest BCUT2D eigenvalue weighted by atomic mass is 10.2. The van der Waals surface area contributed by atoms with Crippen LogP contribution in [0, 0.1) is 6.92 Å². The number of aryl methyl sites for hydroxylation is 1. The number of hydrazone groups is 1. The molecule has 6 nitrogen and oxygen atoms in total. The average Bonchev–Trinajstić information content (AvgIpc) is 3.26. The van der Waals surface area contributed by atoms with Crippen LogP contribution in [0.15, 0.2) is 48.1 Å².